The van der Waals surface area contributed by atoms with Gasteiger partial charge in [0.1, 0.15) is 23.1 Å². The lowest BCUT2D eigenvalue weighted by Gasteiger charge is -2.33. The maximum absolute atomic E-state index is 13.7. The van der Waals surface area contributed by atoms with E-state index >= 15 is 0 Å². The molecular formula is C26H28F2IN3O2. The van der Waals surface area contributed by atoms with Crippen LogP contribution in [0.15, 0.2) is 60.7 Å². The number of aromatic nitrogens is 1. The van der Waals surface area contributed by atoms with Crippen LogP contribution in [0.1, 0.15) is 24.0 Å². The minimum atomic E-state index is -2.59. The van der Waals surface area contributed by atoms with Crippen LogP contribution in [0.3, 0.4) is 0 Å². The zero-order valence-electron chi connectivity index (χ0n) is 19.3. The van der Waals surface area contributed by atoms with Crippen LogP contribution >= 0.6 is 22.6 Å². The Kier molecular flexibility index (Phi) is 7.75. The maximum Gasteiger partial charge on any atom is 0.251 e. The lowest BCUT2D eigenvalue weighted by atomic mass is 10.1. The number of hydrogen-bond donors (Lipinski definition) is 0. The lowest BCUT2D eigenvalue weighted by Crippen LogP contribution is -2.40. The molecule has 0 spiro atoms. The van der Waals surface area contributed by atoms with Gasteiger partial charge in [-0.15, -0.1) is 0 Å². The van der Waals surface area contributed by atoms with Gasteiger partial charge in [0.25, 0.3) is 5.92 Å². The first-order valence-electron chi connectivity index (χ1n) is 11.2. The second-order valence-electron chi connectivity index (χ2n) is 8.40. The maximum atomic E-state index is 13.7. The number of hydrogen-bond acceptors (Lipinski definition) is 5. The van der Waals surface area contributed by atoms with Gasteiger partial charge >= 0.3 is 0 Å². The molecule has 1 aliphatic heterocycles. The van der Waals surface area contributed by atoms with Crippen LogP contribution in [-0.2, 0) is 13.1 Å². The van der Waals surface area contributed by atoms with E-state index in [-0.39, 0.29) is 12.8 Å². The van der Waals surface area contributed by atoms with E-state index in [1.165, 1.54) is 0 Å². The smallest absolute Gasteiger partial charge is 0.251 e. The molecule has 1 fully saturated rings. The molecule has 0 radical (unpaired) electrons. The summed E-state index contributed by atoms with van der Waals surface area (Å²) in [6.07, 6.45) is -0.284. The topological polar surface area (TPSA) is 37.8 Å². The normalized spacial score (nSPS) is 15.1. The summed E-state index contributed by atoms with van der Waals surface area (Å²) in [7, 11) is 3.30. The Morgan fingerprint density at radius 2 is 1.38 bits per heavy atom. The van der Waals surface area contributed by atoms with Gasteiger partial charge in [-0.1, -0.05) is 24.3 Å². The van der Waals surface area contributed by atoms with Crippen LogP contribution < -0.4 is 19.3 Å². The van der Waals surface area contributed by atoms with Crippen molar-refractivity contribution in [2.75, 3.05) is 37.1 Å². The van der Waals surface area contributed by atoms with Crippen LogP contribution in [0.5, 0.6) is 11.5 Å². The zero-order valence-corrected chi connectivity index (χ0v) is 21.5. The van der Waals surface area contributed by atoms with Crippen molar-refractivity contribution in [1.82, 2.24) is 4.98 Å². The molecule has 0 saturated carbocycles. The van der Waals surface area contributed by atoms with E-state index in [0.29, 0.717) is 26.2 Å². The highest BCUT2D eigenvalue weighted by Gasteiger charge is 2.34. The van der Waals surface area contributed by atoms with Crippen LogP contribution in [0.2, 0.25) is 0 Å². The molecule has 1 saturated heterocycles. The molecule has 180 valence electrons. The molecule has 0 atom stereocenters. The SMILES string of the molecule is COc1ccc(CN(Cc2ccc(OC)cc2)c2cc(I)cc(N3CCC(F)(F)CC3)n2)cc1. The molecular weight excluding hydrogens is 551 g/mol. The van der Waals surface area contributed by atoms with Crippen molar-refractivity contribution in [2.45, 2.75) is 31.9 Å². The highest BCUT2D eigenvalue weighted by molar-refractivity contribution is 14.1. The first-order chi connectivity index (χ1) is 16.3. The molecule has 0 bridgehead atoms. The van der Waals surface area contributed by atoms with E-state index in [2.05, 4.69) is 27.5 Å². The molecule has 1 aromatic heterocycles. The summed E-state index contributed by atoms with van der Waals surface area (Å²) in [6, 6.07) is 20.0. The van der Waals surface area contributed by atoms with Crippen LogP contribution in [-0.4, -0.2) is 38.2 Å². The third-order valence-electron chi connectivity index (χ3n) is 5.97. The van der Waals surface area contributed by atoms with Gasteiger partial charge in [-0.2, -0.15) is 0 Å². The molecule has 8 heteroatoms. The van der Waals surface area contributed by atoms with Crippen molar-refractivity contribution in [1.29, 1.82) is 0 Å². The Morgan fingerprint density at radius 3 is 1.85 bits per heavy atom. The number of piperidine rings is 1. The minimum Gasteiger partial charge on any atom is -0.497 e. The lowest BCUT2D eigenvalue weighted by molar-refractivity contribution is -0.0221. The monoisotopic (exact) mass is 579 g/mol. The van der Waals surface area contributed by atoms with Crippen molar-refractivity contribution in [3.8, 4) is 11.5 Å². The Balaban J connectivity index is 1.63. The van der Waals surface area contributed by atoms with E-state index in [4.69, 9.17) is 14.5 Å². The van der Waals surface area contributed by atoms with Gasteiger partial charge in [-0.25, -0.2) is 13.8 Å². The van der Waals surface area contributed by atoms with Gasteiger partial charge in [-0.05, 0) is 70.1 Å². The average Bonchev–Trinajstić information content (AvgIpc) is 2.84. The van der Waals surface area contributed by atoms with Crippen molar-refractivity contribution in [3.63, 3.8) is 0 Å². The highest BCUT2D eigenvalue weighted by atomic mass is 127. The number of rotatable bonds is 8. The molecule has 0 unspecified atom stereocenters. The van der Waals surface area contributed by atoms with E-state index in [1.807, 2.05) is 65.6 Å². The Bertz CT molecular complexity index is 1030. The second-order valence-corrected chi connectivity index (χ2v) is 9.64. The summed E-state index contributed by atoms with van der Waals surface area (Å²) < 4.78 is 39.0. The van der Waals surface area contributed by atoms with Gasteiger partial charge in [0.05, 0.1) is 14.2 Å². The zero-order chi connectivity index (χ0) is 24.1. The number of nitrogens with zero attached hydrogens (tertiary/aromatic N) is 3. The van der Waals surface area contributed by atoms with Gasteiger partial charge in [0, 0.05) is 42.6 Å². The van der Waals surface area contributed by atoms with Crippen LogP contribution in [0.25, 0.3) is 0 Å². The fourth-order valence-corrected chi connectivity index (χ4v) is 4.53. The molecule has 1 aliphatic rings. The van der Waals surface area contributed by atoms with Gasteiger partial charge < -0.3 is 19.3 Å². The van der Waals surface area contributed by atoms with Crippen molar-refractivity contribution < 1.29 is 18.3 Å². The highest BCUT2D eigenvalue weighted by Crippen LogP contribution is 2.32. The number of benzene rings is 2. The largest absolute Gasteiger partial charge is 0.497 e. The van der Waals surface area contributed by atoms with Crippen molar-refractivity contribution in [2.24, 2.45) is 0 Å². The fraction of sp³-hybridized carbons (Fsp3) is 0.346. The third kappa shape index (κ3) is 6.28. The Labute approximate surface area is 212 Å². The van der Waals surface area contributed by atoms with Crippen LogP contribution in [0, 0.1) is 3.57 Å². The number of anilines is 2. The minimum absolute atomic E-state index is 0.142. The van der Waals surface area contributed by atoms with E-state index in [9.17, 15) is 8.78 Å². The summed E-state index contributed by atoms with van der Waals surface area (Å²) in [5.74, 6) is 0.581. The molecule has 2 aromatic carbocycles. The Morgan fingerprint density at radius 1 is 0.882 bits per heavy atom. The van der Waals surface area contributed by atoms with E-state index < -0.39 is 5.92 Å². The predicted molar refractivity (Wildman–Crippen MR) is 139 cm³/mol. The van der Waals surface area contributed by atoms with Crippen molar-refractivity contribution >= 4 is 34.2 Å². The van der Waals surface area contributed by atoms with Gasteiger partial charge in [0.15, 0.2) is 0 Å². The first-order valence-corrected chi connectivity index (χ1v) is 12.2. The molecule has 2 heterocycles. The first kappa shape index (κ1) is 24.5. The third-order valence-corrected chi connectivity index (χ3v) is 6.59. The molecule has 0 amide bonds. The number of halogens is 3. The van der Waals surface area contributed by atoms with E-state index in [1.54, 1.807) is 14.2 Å². The molecule has 34 heavy (non-hydrogen) atoms. The summed E-state index contributed by atoms with van der Waals surface area (Å²) in [4.78, 5) is 9.08. The summed E-state index contributed by atoms with van der Waals surface area (Å²) in [6.45, 7) is 1.88. The quantitative estimate of drug-likeness (QED) is 0.300. The number of alkyl halides is 2. The summed E-state index contributed by atoms with van der Waals surface area (Å²) in [5.41, 5.74) is 2.24. The Hall–Kier alpha value is -2.62. The molecule has 0 N–H and O–H groups in total. The predicted octanol–water partition coefficient (Wildman–Crippen LogP) is 6.15. The van der Waals surface area contributed by atoms with Crippen LogP contribution in [0.4, 0.5) is 20.4 Å². The molecule has 4 rings (SSSR count). The summed E-state index contributed by atoms with van der Waals surface area (Å²) >= 11 is 2.27. The van der Waals surface area contributed by atoms with E-state index in [0.717, 1.165) is 37.8 Å². The summed E-state index contributed by atoms with van der Waals surface area (Å²) in [5, 5.41) is 0. The number of pyridine rings is 1. The second kappa shape index (κ2) is 10.8. The van der Waals surface area contributed by atoms with Crippen molar-refractivity contribution in [3.05, 3.63) is 75.4 Å². The van der Waals surface area contributed by atoms with Gasteiger partial charge in [0.2, 0.25) is 0 Å². The number of ether oxygens (including phenoxy) is 2. The molecule has 3 aromatic rings. The number of methoxy groups -OCH3 is 2. The fourth-order valence-electron chi connectivity index (χ4n) is 3.98. The van der Waals surface area contributed by atoms with Gasteiger partial charge in [-0.3, -0.25) is 0 Å². The molecule has 5 nitrogen and oxygen atoms in total. The molecule has 0 aliphatic carbocycles. The standard InChI is InChI=1S/C26H28F2IN3O2/c1-33-22-7-3-19(4-8-22)17-32(18-20-5-9-23(34-2)10-6-20)25-16-21(29)15-24(30-25)31-13-11-26(27,28)12-14-31/h3-10,15-16H,11-14,17-18H2,1-2H3. The average molecular weight is 579 g/mol.